The second kappa shape index (κ2) is 6.20. The summed E-state index contributed by atoms with van der Waals surface area (Å²) in [5.74, 6) is -0.725. The predicted molar refractivity (Wildman–Crippen MR) is 84.9 cm³/mol. The van der Waals surface area contributed by atoms with Crippen molar-refractivity contribution in [2.45, 2.75) is 25.7 Å². The number of fused-ring (bicyclic) bond motifs is 1. The van der Waals surface area contributed by atoms with Crippen molar-refractivity contribution in [1.29, 1.82) is 0 Å². The summed E-state index contributed by atoms with van der Waals surface area (Å²) in [7, 11) is 0. The number of carbonyl (C=O) groups excluding carboxylic acids is 2. The number of aromatic amines is 1. The van der Waals surface area contributed by atoms with Crippen LogP contribution in [0.15, 0.2) is 41.2 Å². The van der Waals surface area contributed by atoms with Gasteiger partial charge in [0.25, 0.3) is 5.56 Å². The molecule has 0 unspecified atom stereocenters. The van der Waals surface area contributed by atoms with Gasteiger partial charge in [-0.3, -0.25) is 9.59 Å². The van der Waals surface area contributed by atoms with Gasteiger partial charge in [0.15, 0.2) is 5.78 Å². The van der Waals surface area contributed by atoms with E-state index in [1.54, 1.807) is 6.92 Å². The molecule has 0 bridgehead atoms. The molecule has 0 radical (unpaired) electrons. The van der Waals surface area contributed by atoms with Gasteiger partial charge in [-0.05, 0) is 30.9 Å². The molecule has 0 saturated carbocycles. The van der Waals surface area contributed by atoms with E-state index in [1.165, 1.54) is 6.07 Å². The number of Topliss-reactive ketones (excluding diaryl/α,β-unsaturated/α-hetero) is 1. The third kappa shape index (κ3) is 2.95. The predicted octanol–water partition coefficient (Wildman–Crippen LogP) is 2.46. The number of aromatic nitrogens is 1. The number of ether oxygens (including phenoxy) is 1. The molecule has 1 atom stereocenters. The Labute approximate surface area is 133 Å². The number of H-pyrrole nitrogens is 1. The van der Waals surface area contributed by atoms with Crippen LogP contribution in [0, 0.1) is 0 Å². The highest BCUT2D eigenvalue weighted by molar-refractivity contribution is 6.01. The average Bonchev–Trinajstić information content (AvgIpc) is 2.55. The van der Waals surface area contributed by atoms with Crippen LogP contribution in [-0.2, 0) is 11.2 Å². The topological polar surface area (TPSA) is 76.2 Å². The zero-order valence-corrected chi connectivity index (χ0v) is 12.8. The zero-order chi connectivity index (χ0) is 16.4. The lowest BCUT2D eigenvalue weighted by Crippen LogP contribution is -2.28. The fourth-order valence-corrected chi connectivity index (χ4v) is 2.95. The van der Waals surface area contributed by atoms with Crippen LogP contribution in [0.3, 0.4) is 0 Å². The summed E-state index contributed by atoms with van der Waals surface area (Å²) in [4.78, 5) is 39.0. The Hall–Kier alpha value is -2.69. The van der Waals surface area contributed by atoms with Crippen molar-refractivity contribution in [1.82, 2.24) is 4.98 Å². The number of carbonyl (C=O) groups is 2. The molecule has 0 fully saturated rings. The van der Waals surface area contributed by atoms with Gasteiger partial charge >= 0.3 is 5.97 Å². The van der Waals surface area contributed by atoms with E-state index in [1.807, 2.05) is 30.3 Å². The number of rotatable bonds is 3. The molecule has 1 aromatic heterocycles. The summed E-state index contributed by atoms with van der Waals surface area (Å²) in [6.07, 6.45) is 0.939. The summed E-state index contributed by atoms with van der Waals surface area (Å²) < 4.78 is 4.86. The summed E-state index contributed by atoms with van der Waals surface area (Å²) in [5.41, 5.74) is 1.45. The molecule has 5 heteroatoms. The molecular weight excluding hydrogens is 294 g/mol. The second-order valence-corrected chi connectivity index (χ2v) is 5.56. The molecule has 1 aliphatic rings. The molecule has 2 aromatic rings. The van der Waals surface area contributed by atoms with E-state index in [0.29, 0.717) is 24.1 Å². The highest BCUT2D eigenvalue weighted by Gasteiger charge is 2.28. The van der Waals surface area contributed by atoms with Gasteiger partial charge in [0.2, 0.25) is 0 Å². The molecule has 3 rings (SSSR count). The largest absolute Gasteiger partial charge is 0.462 e. The van der Waals surface area contributed by atoms with Crippen molar-refractivity contribution in [3.8, 4) is 0 Å². The fraction of sp³-hybridized carbons (Fsp3) is 0.278. The van der Waals surface area contributed by atoms with Crippen molar-refractivity contribution in [3.05, 3.63) is 69.1 Å². The monoisotopic (exact) mass is 311 g/mol. The maximum absolute atomic E-state index is 12.4. The van der Waals surface area contributed by atoms with E-state index in [2.05, 4.69) is 4.98 Å². The van der Waals surface area contributed by atoms with Crippen LogP contribution >= 0.6 is 0 Å². The van der Waals surface area contributed by atoms with Crippen LogP contribution in [0.4, 0.5) is 0 Å². The highest BCUT2D eigenvalue weighted by Crippen LogP contribution is 2.31. The van der Waals surface area contributed by atoms with Gasteiger partial charge < -0.3 is 9.72 Å². The first-order valence-electron chi connectivity index (χ1n) is 7.61. The lowest BCUT2D eigenvalue weighted by atomic mass is 9.81. The van der Waals surface area contributed by atoms with Crippen molar-refractivity contribution < 1.29 is 14.3 Å². The maximum Gasteiger partial charge on any atom is 0.343 e. The van der Waals surface area contributed by atoms with Gasteiger partial charge in [0, 0.05) is 17.7 Å². The van der Waals surface area contributed by atoms with Gasteiger partial charge in [-0.15, -0.1) is 0 Å². The van der Waals surface area contributed by atoms with E-state index >= 15 is 0 Å². The SMILES string of the molecule is CCOC(=O)c1cc2c([nH]c1=O)C[C@@H](c1ccccc1)CC2=O. The van der Waals surface area contributed by atoms with Crippen LogP contribution in [0.1, 0.15) is 51.2 Å². The van der Waals surface area contributed by atoms with E-state index in [0.717, 1.165) is 5.56 Å². The summed E-state index contributed by atoms with van der Waals surface area (Å²) >= 11 is 0. The summed E-state index contributed by atoms with van der Waals surface area (Å²) in [6.45, 7) is 1.85. The van der Waals surface area contributed by atoms with E-state index in [9.17, 15) is 14.4 Å². The maximum atomic E-state index is 12.4. The Morgan fingerprint density at radius 1 is 1.22 bits per heavy atom. The summed E-state index contributed by atoms with van der Waals surface area (Å²) in [5, 5.41) is 0. The van der Waals surface area contributed by atoms with Crippen LogP contribution < -0.4 is 5.56 Å². The molecule has 23 heavy (non-hydrogen) atoms. The molecular formula is C18H17NO4. The normalized spacial score (nSPS) is 16.7. The third-order valence-electron chi connectivity index (χ3n) is 4.07. The number of pyridine rings is 1. The Bertz CT molecular complexity index is 808. The number of esters is 1. The van der Waals surface area contributed by atoms with Crippen LogP contribution in [0.5, 0.6) is 0 Å². The first-order valence-corrected chi connectivity index (χ1v) is 7.61. The van der Waals surface area contributed by atoms with Crippen molar-refractivity contribution >= 4 is 11.8 Å². The minimum absolute atomic E-state index is 0.0419. The molecule has 0 saturated heterocycles. The van der Waals surface area contributed by atoms with E-state index in [4.69, 9.17) is 4.74 Å². The average molecular weight is 311 g/mol. The fourth-order valence-electron chi connectivity index (χ4n) is 2.95. The smallest absolute Gasteiger partial charge is 0.343 e. The quantitative estimate of drug-likeness (QED) is 0.883. The van der Waals surface area contributed by atoms with E-state index in [-0.39, 0.29) is 23.9 Å². The molecule has 1 aromatic carbocycles. The summed E-state index contributed by atoms with van der Waals surface area (Å²) in [6, 6.07) is 11.1. The Morgan fingerprint density at radius 2 is 1.96 bits per heavy atom. The number of hydrogen-bond donors (Lipinski definition) is 1. The second-order valence-electron chi connectivity index (χ2n) is 5.56. The molecule has 1 heterocycles. The minimum atomic E-state index is -0.700. The molecule has 5 nitrogen and oxygen atoms in total. The number of ketones is 1. The molecule has 0 spiro atoms. The van der Waals surface area contributed by atoms with E-state index < -0.39 is 11.5 Å². The first-order chi connectivity index (χ1) is 11.1. The molecule has 1 aliphatic carbocycles. The van der Waals surface area contributed by atoms with Crippen molar-refractivity contribution in [2.24, 2.45) is 0 Å². The van der Waals surface area contributed by atoms with Gasteiger partial charge in [0.05, 0.1) is 6.61 Å². The van der Waals surface area contributed by atoms with Crippen molar-refractivity contribution in [3.63, 3.8) is 0 Å². The lowest BCUT2D eigenvalue weighted by molar-refractivity contribution is 0.0524. The van der Waals surface area contributed by atoms with Crippen LogP contribution in [0.2, 0.25) is 0 Å². The molecule has 0 amide bonds. The Balaban J connectivity index is 1.97. The Kier molecular flexibility index (Phi) is 4.10. The van der Waals surface area contributed by atoms with Gasteiger partial charge in [-0.1, -0.05) is 30.3 Å². The Morgan fingerprint density at radius 3 is 2.65 bits per heavy atom. The molecule has 118 valence electrons. The van der Waals surface area contributed by atoms with Gasteiger partial charge in [-0.2, -0.15) is 0 Å². The number of nitrogens with one attached hydrogen (secondary N) is 1. The van der Waals surface area contributed by atoms with Crippen molar-refractivity contribution in [2.75, 3.05) is 6.61 Å². The number of hydrogen-bond acceptors (Lipinski definition) is 4. The zero-order valence-electron chi connectivity index (χ0n) is 12.8. The first kappa shape index (κ1) is 15.2. The minimum Gasteiger partial charge on any atom is -0.462 e. The molecule has 0 aliphatic heterocycles. The lowest BCUT2D eigenvalue weighted by Gasteiger charge is -2.23. The van der Waals surface area contributed by atoms with Gasteiger partial charge in [0.1, 0.15) is 5.56 Å². The van der Waals surface area contributed by atoms with Crippen LogP contribution in [-0.4, -0.2) is 23.3 Å². The van der Waals surface area contributed by atoms with Gasteiger partial charge in [-0.25, -0.2) is 4.79 Å². The number of benzene rings is 1. The third-order valence-corrected chi connectivity index (χ3v) is 4.07. The molecule has 1 N–H and O–H groups in total. The highest BCUT2D eigenvalue weighted by atomic mass is 16.5. The van der Waals surface area contributed by atoms with Crippen LogP contribution in [0.25, 0.3) is 0 Å². The standard InChI is InChI=1S/C18H17NO4/c1-2-23-18(22)14-10-13-15(19-17(14)21)8-12(9-16(13)20)11-6-4-3-5-7-11/h3-7,10,12H,2,8-9H2,1H3,(H,19,21)/t12-/m1/s1.